The van der Waals surface area contributed by atoms with E-state index in [1.54, 1.807) is 0 Å². The van der Waals surface area contributed by atoms with Crippen molar-refractivity contribution in [2.45, 2.75) is 32.4 Å². The van der Waals surface area contributed by atoms with Gasteiger partial charge in [-0.15, -0.1) is 0 Å². The Morgan fingerprint density at radius 2 is 2.31 bits per heavy atom. The number of hydrogen-bond acceptors (Lipinski definition) is 2. The summed E-state index contributed by atoms with van der Waals surface area (Å²) in [6, 6.07) is 6.48. The molecule has 1 aliphatic carbocycles. The van der Waals surface area contributed by atoms with Crippen molar-refractivity contribution in [3.8, 4) is 0 Å². The van der Waals surface area contributed by atoms with Crippen molar-refractivity contribution in [3.63, 3.8) is 0 Å². The van der Waals surface area contributed by atoms with Gasteiger partial charge in [-0.1, -0.05) is 6.07 Å². The summed E-state index contributed by atoms with van der Waals surface area (Å²) in [5, 5.41) is 0. The van der Waals surface area contributed by atoms with Crippen molar-refractivity contribution in [1.29, 1.82) is 0 Å². The van der Waals surface area contributed by atoms with Crippen LogP contribution in [0.1, 0.15) is 24.2 Å². The molecule has 0 saturated heterocycles. The fraction of sp³-hybridized carbons (Fsp3) is 0.500. The van der Waals surface area contributed by atoms with Crippen LogP contribution in [-0.2, 0) is 6.54 Å². The number of aromatic nitrogens is 1. The Labute approximate surface area is 96.2 Å². The highest BCUT2D eigenvalue weighted by Crippen LogP contribution is 2.23. The van der Waals surface area contributed by atoms with Gasteiger partial charge < -0.3 is 10.6 Å². The second kappa shape index (κ2) is 4.51. The summed E-state index contributed by atoms with van der Waals surface area (Å²) in [7, 11) is 1.95. The molecule has 0 unspecified atom stereocenters. The molecule has 0 spiro atoms. The molecular weight excluding hydrogens is 200 g/mol. The van der Waals surface area contributed by atoms with Crippen molar-refractivity contribution < 1.29 is 0 Å². The first-order valence-electron chi connectivity index (χ1n) is 5.62. The first-order chi connectivity index (χ1) is 7.65. The van der Waals surface area contributed by atoms with Crippen LogP contribution in [0.2, 0.25) is 0 Å². The topological polar surface area (TPSA) is 54.5 Å². The number of nitrogens with zero attached hydrogens (tertiary/aromatic N) is 3. The predicted octanol–water partition coefficient (Wildman–Crippen LogP) is 1.30. The van der Waals surface area contributed by atoms with Crippen LogP contribution in [0.4, 0.5) is 0 Å². The molecule has 86 valence electrons. The third-order valence-electron chi connectivity index (χ3n) is 2.60. The monoisotopic (exact) mass is 218 g/mol. The molecule has 0 aromatic carbocycles. The van der Waals surface area contributed by atoms with Crippen molar-refractivity contribution in [3.05, 3.63) is 29.6 Å². The van der Waals surface area contributed by atoms with E-state index in [4.69, 9.17) is 5.73 Å². The summed E-state index contributed by atoms with van der Waals surface area (Å²) in [5.41, 5.74) is 7.95. The third-order valence-corrected chi connectivity index (χ3v) is 2.60. The van der Waals surface area contributed by atoms with Crippen molar-refractivity contribution in [2.75, 3.05) is 7.05 Å². The number of pyridine rings is 1. The molecule has 2 N–H and O–H groups in total. The maximum Gasteiger partial charge on any atom is 0.191 e. The van der Waals surface area contributed by atoms with Gasteiger partial charge in [0.2, 0.25) is 0 Å². The zero-order valence-corrected chi connectivity index (χ0v) is 9.85. The minimum atomic E-state index is 0.466. The average molecular weight is 218 g/mol. The minimum Gasteiger partial charge on any atom is -0.370 e. The zero-order chi connectivity index (χ0) is 11.5. The lowest BCUT2D eigenvalue weighted by atomic mass is 10.3. The van der Waals surface area contributed by atoms with Gasteiger partial charge in [0.05, 0.1) is 18.3 Å². The normalized spacial score (nSPS) is 16.2. The largest absolute Gasteiger partial charge is 0.370 e. The van der Waals surface area contributed by atoms with Crippen LogP contribution < -0.4 is 5.73 Å². The summed E-state index contributed by atoms with van der Waals surface area (Å²) in [5.74, 6) is 0.616. The van der Waals surface area contributed by atoms with E-state index in [1.807, 2.05) is 37.1 Å². The molecular formula is C12H18N4. The van der Waals surface area contributed by atoms with Gasteiger partial charge in [0.1, 0.15) is 0 Å². The zero-order valence-electron chi connectivity index (χ0n) is 9.85. The van der Waals surface area contributed by atoms with Gasteiger partial charge in [0.15, 0.2) is 5.96 Å². The molecule has 1 aliphatic rings. The van der Waals surface area contributed by atoms with Gasteiger partial charge in [0.25, 0.3) is 0 Å². The van der Waals surface area contributed by atoms with Gasteiger partial charge in [-0.2, -0.15) is 0 Å². The Morgan fingerprint density at radius 1 is 1.56 bits per heavy atom. The smallest absolute Gasteiger partial charge is 0.191 e. The lowest BCUT2D eigenvalue weighted by Crippen LogP contribution is -2.34. The van der Waals surface area contributed by atoms with E-state index in [1.165, 1.54) is 12.8 Å². The number of aryl methyl sites for hydroxylation is 1. The number of aliphatic imine (C=N–C) groups is 1. The van der Waals surface area contributed by atoms with Crippen molar-refractivity contribution in [1.82, 2.24) is 9.88 Å². The molecule has 1 fully saturated rings. The van der Waals surface area contributed by atoms with E-state index < -0.39 is 0 Å². The van der Waals surface area contributed by atoms with Gasteiger partial charge in [-0.05, 0) is 31.9 Å². The second-order valence-electron chi connectivity index (χ2n) is 4.34. The molecule has 0 amide bonds. The van der Waals surface area contributed by atoms with E-state index in [-0.39, 0.29) is 0 Å². The van der Waals surface area contributed by atoms with Gasteiger partial charge >= 0.3 is 0 Å². The fourth-order valence-electron chi connectivity index (χ4n) is 1.50. The molecule has 1 aromatic rings. The van der Waals surface area contributed by atoms with Crippen LogP contribution in [0.15, 0.2) is 23.2 Å². The predicted molar refractivity (Wildman–Crippen MR) is 65.1 cm³/mol. The maximum atomic E-state index is 5.89. The van der Waals surface area contributed by atoms with Crippen LogP contribution in [-0.4, -0.2) is 28.9 Å². The van der Waals surface area contributed by atoms with Crippen LogP contribution in [0.3, 0.4) is 0 Å². The standard InChI is InChI=1S/C12H18N4/c1-9-4-3-5-11(14-9)8-16(2)12(13)15-10-6-7-10/h3-5,10H,6-8H2,1-2H3,(H2,13,15). The molecule has 0 radical (unpaired) electrons. The van der Waals surface area contributed by atoms with Gasteiger partial charge in [-0.3, -0.25) is 4.98 Å². The lowest BCUT2D eigenvalue weighted by molar-refractivity contribution is 0.483. The Hall–Kier alpha value is -1.58. The summed E-state index contributed by atoms with van der Waals surface area (Å²) in [4.78, 5) is 10.8. The Bertz CT molecular complexity index is 396. The second-order valence-corrected chi connectivity index (χ2v) is 4.34. The first-order valence-corrected chi connectivity index (χ1v) is 5.62. The van der Waals surface area contributed by atoms with Crippen molar-refractivity contribution in [2.24, 2.45) is 10.7 Å². The lowest BCUT2D eigenvalue weighted by Gasteiger charge is -2.17. The van der Waals surface area contributed by atoms with Crippen LogP contribution in [0.5, 0.6) is 0 Å². The Morgan fingerprint density at radius 3 is 2.94 bits per heavy atom. The maximum absolute atomic E-state index is 5.89. The molecule has 1 aromatic heterocycles. The van der Waals surface area contributed by atoms with Gasteiger partial charge in [-0.25, -0.2) is 4.99 Å². The molecule has 1 saturated carbocycles. The van der Waals surface area contributed by atoms with Gasteiger partial charge in [0, 0.05) is 12.7 Å². The highest BCUT2D eigenvalue weighted by atomic mass is 15.2. The minimum absolute atomic E-state index is 0.466. The Balaban J connectivity index is 1.98. The quantitative estimate of drug-likeness (QED) is 0.614. The molecule has 0 bridgehead atoms. The summed E-state index contributed by atoms with van der Waals surface area (Å²) >= 11 is 0. The van der Waals surface area contributed by atoms with Crippen LogP contribution in [0.25, 0.3) is 0 Å². The number of guanidine groups is 1. The highest BCUT2D eigenvalue weighted by molar-refractivity contribution is 5.78. The van der Waals surface area contributed by atoms with E-state index in [2.05, 4.69) is 9.98 Å². The highest BCUT2D eigenvalue weighted by Gasteiger charge is 2.21. The summed E-state index contributed by atoms with van der Waals surface area (Å²) in [6.07, 6.45) is 2.36. The molecule has 1 heterocycles. The molecule has 0 aliphatic heterocycles. The average Bonchev–Trinajstić information content (AvgIpc) is 3.01. The van der Waals surface area contributed by atoms with Crippen LogP contribution >= 0.6 is 0 Å². The number of rotatable bonds is 3. The molecule has 4 nitrogen and oxygen atoms in total. The van der Waals surface area contributed by atoms with Crippen LogP contribution in [0, 0.1) is 6.92 Å². The molecule has 2 rings (SSSR count). The third kappa shape index (κ3) is 2.95. The van der Waals surface area contributed by atoms with E-state index in [0.717, 1.165) is 11.4 Å². The van der Waals surface area contributed by atoms with E-state index in [0.29, 0.717) is 18.5 Å². The number of nitrogens with two attached hydrogens (primary N) is 1. The Kier molecular flexibility index (Phi) is 3.08. The van der Waals surface area contributed by atoms with E-state index >= 15 is 0 Å². The first kappa shape index (κ1) is 10.9. The summed E-state index contributed by atoms with van der Waals surface area (Å²) < 4.78 is 0. The summed E-state index contributed by atoms with van der Waals surface area (Å²) in [6.45, 7) is 2.70. The van der Waals surface area contributed by atoms with E-state index in [9.17, 15) is 0 Å². The SMILES string of the molecule is Cc1cccc(CN(C)C(N)=NC2CC2)n1. The fourth-order valence-corrected chi connectivity index (χ4v) is 1.50. The molecule has 4 heteroatoms. The molecule has 0 atom stereocenters. The molecule has 16 heavy (non-hydrogen) atoms. The van der Waals surface area contributed by atoms with Crippen molar-refractivity contribution >= 4 is 5.96 Å². The number of hydrogen-bond donors (Lipinski definition) is 1.